The van der Waals surface area contributed by atoms with Gasteiger partial charge in [0.05, 0.1) is 4.47 Å². The Kier molecular flexibility index (Phi) is 3.90. The minimum absolute atomic E-state index is 0.00206. The monoisotopic (exact) mass is 385 g/mol. The molecule has 0 aromatic carbocycles. The van der Waals surface area contributed by atoms with Crippen molar-refractivity contribution in [2.45, 2.75) is 23.1 Å². The van der Waals surface area contributed by atoms with Crippen molar-refractivity contribution in [3.05, 3.63) is 26.5 Å². The van der Waals surface area contributed by atoms with Gasteiger partial charge in [-0.1, -0.05) is 12.2 Å². The quantitative estimate of drug-likeness (QED) is 0.810. The summed E-state index contributed by atoms with van der Waals surface area (Å²) in [4.78, 5) is 0. The topological polar surface area (TPSA) is 46.2 Å². The lowest BCUT2D eigenvalue weighted by molar-refractivity contribution is 0.559. The van der Waals surface area contributed by atoms with Gasteiger partial charge >= 0.3 is 0 Å². The van der Waals surface area contributed by atoms with Crippen LogP contribution < -0.4 is 4.72 Å². The first-order valence-corrected chi connectivity index (χ1v) is 8.55. The molecule has 2 rings (SSSR count). The molecule has 1 aromatic rings. The Hall–Kier alpha value is 0.310. The van der Waals surface area contributed by atoms with Crippen molar-refractivity contribution in [3.8, 4) is 0 Å². The lowest BCUT2D eigenvalue weighted by Crippen LogP contribution is -2.32. The van der Waals surface area contributed by atoms with E-state index in [4.69, 9.17) is 0 Å². The zero-order valence-corrected chi connectivity index (χ0v) is 12.9. The minimum atomic E-state index is -3.40. The molecule has 0 aliphatic heterocycles. The van der Waals surface area contributed by atoms with Gasteiger partial charge in [0.1, 0.15) is 4.21 Å². The summed E-state index contributed by atoms with van der Waals surface area (Å²) in [6.07, 6.45) is 5.52. The first kappa shape index (κ1) is 12.8. The minimum Gasteiger partial charge on any atom is -0.207 e. The van der Waals surface area contributed by atoms with E-state index in [1.807, 2.05) is 12.2 Å². The van der Waals surface area contributed by atoms with Gasteiger partial charge < -0.3 is 0 Å². The molecule has 0 atom stereocenters. The van der Waals surface area contributed by atoms with Crippen LogP contribution >= 0.6 is 43.2 Å². The second kappa shape index (κ2) is 4.89. The third-order valence-corrected chi connectivity index (χ3v) is 8.10. The predicted molar refractivity (Wildman–Crippen MR) is 72.2 cm³/mol. The van der Waals surface area contributed by atoms with Crippen molar-refractivity contribution in [1.82, 2.24) is 4.72 Å². The van der Waals surface area contributed by atoms with Crippen LogP contribution in [0.2, 0.25) is 0 Å². The van der Waals surface area contributed by atoms with Gasteiger partial charge in [-0.3, -0.25) is 0 Å². The third kappa shape index (κ3) is 2.59. The fourth-order valence-corrected chi connectivity index (χ4v) is 5.82. The summed E-state index contributed by atoms with van der Waals surface area (Å²) >= 11 is 7.75. The van der Waals surface area contributed by atoms with Gasteiger partial charge in [0.25, 0.3) is 10.0 Å². The Morgan fingerprint density at radius 3 is 2.44 bits per heavy atom. The smallest absolute Gasteiger partial charge is 0.207 e. The largest absolute Gasteiger partial charge is 0.251 e. The highest BCUT2D eigenvalue weighted by Crippen LogP contribution is 2.36. The maximum Gasteiger partial charge on any atom is 0.251 e. The summed E-state index contributed by atoms with van der Waals surface area (Å²) in [6.45, 7) is 0. The molecule has 0 fully saturated rings. The molecule has 1 N–H and O–H groups in total. The Morgan fingerprint density at radius 2 is 1.94 bits per heavy atom. The average Bonchev–Trinajstić information content (AvgIpc) is 2.78. The molecule has 1 aliphatic rings. The van der Waals surface area contributed by atoms with Crippen LogP contribution in [0.25, 0.3) is 0 Å². The molecule has 16 heavy (non-hydrogen) atoms. The molecule has 3 nitrogen and oxygen atoms in total. The average molecular weight is 387 g/mol. The molecule has 0 saturated heterocycles. The summed E-state index contributed by atoms with van der Waals surface area (Å²) in [7, 11) is -3.40. The lowest BCUT2D eigenvalue weighted by atomic mass is 10.3. The highest BCUT2D eigenvalue weighted by atomic mass is 79.9. The molecule has 0 saturated carbocycles. The van der Waals surface area contributed by atoms with E-state index in [1.165, 1.54) is 11.3 Å². The first-order valence-electron chi connectivity index (χ1n) is 4.60. The number of sulfonamides is 1. The van der Waals surface area contributed by atoms with E-state index >= 15 is 0 Å². The van der Waals surface area contributed by atoms with Crippen molar-refractivity contribution in [2.75, 3.05) is 0 Å². The van der Waals surface area contributed by atoms with Gasteiger partial charge in [-0.15, -0.1) is 11.3 Å². The van der Waals surface area contributed by atoms with Crippen molar-refractivity contribution < 1.29 is 8.42 Å². The molecule has 1 aromatic heterocycles. The second-order valence-corrected chi connectivity index (χ2v) is 7.88. The van der Waals surface area contributed by atoms with E-state index in [1.54, 1.807) is 5.38 Å². The third-order valence-electron chi connectivity index (χ3n) is 2.23. The highest BCUT2D eigenvalue weighted by molar-refractivity contribution is 9.13. The zero-order chi connectivity index (χ0) is 11.8. The van der Waals surface area contributed by atoms with E-state index in [0.717, 1.165) is 17.3 Å². The SMILES string of the molecule is O=S(=O)(NC1CC=CC1)c1scc(Br)c1Br. The molecule has 0 bridgehead atoms. The van der Waals surface area contributed by atoms with Crippen LogP contribution in [0.3, 0.4) is 0 Å². The number of halogens is 2. The number of thiophene rings is 1. The van der Waals surface area contributed by atoms with E-state index in [0.29, 0.717) is 8.68 Å². The van der Waals surface area contributed by atoms with Crippen LogP contribution in [0.15, 0.2) is 30.7 Å². The van der Waals surface area contributed by atoms with E-state index in [-0.39, 0.29) is 6.04 Å². The Labute approximate surface area is 115 Å². The Balaban J connectivity index is 2.22. The highest BCUT2D eigenvalue weighted by Gasteiger charge is 2.25. The van der Waals surface area contributed by atoms with Gasteiger partial charge in [0.2, 0.25) is 0 Å². The molecule has 88 valence electrons. The van der Waals surface area contributed by atoms with Gasteiger partial charge in [-0.05, 0) is 44.7 Å². The number of hydrogen-bond acceptors (Lipinski definition) is 3. The van der Waals surface area contributed by atoms with Gasteiger partial charge in [0.15, 0.2) is 0 Å². The summed E-state index contributed by atoms with van der Waals surface area (Å²) in [5.41, 5.74) is 0. The molecule has 0 spiro atoms. The standard InChI is InChI=1S/C9H9Br2NO2S2/c10-7-5-15-9(8(7)11)16(13,14)12-6-3-1-2-4-6/h1-2,5-6,12H,3-4H2. The van der Waals surface area contributed by atoms with Gasteiger partial charge in [-0.25, -0.2) is 13.1 Å². The first-order chi connectivity index (χ1) is 7.50. The van der Waals surface area contributed by atoms with Gasteiger partial charge in [-0.2, -0.15) is 0 Å². The van der Waals surface area contributed by atoms with Crippen molar-refractivity contribution in [1.29, 1.82) is 0 Å². The van der Waals surface area contributed by atoms with E-state index < -0.39 is 10.0 Å². The van der Waals surface area contributed by atoms with Gasteiger partial charge in [0, 0.05) is 15.9 Å². The molecular weight excluding hydrogens is 378 g/mol. The summed E-state index contributed by atoms with van der Waals surface area (Å²) in [5, 5.41) is 1.76. The van der Waals surface area contributed by atoms with Crippen LogP contribution in [0.1, 0.15) is 12.8 Å². The van der Waals surface area contributed by atoms with E-state index in [9.17, 15) is 8.42 Å². The fraction of sp³-hybridized carbons (Fsp3) is 0.333. The van der Waals surface area contributed by atoms with Crippen molar-refractivity contribution in [3.63, 3.8) is 0 Å². The summed E-state index contributed by atoms with van der Waals surface area (Å²) < 4.78 is 28.5. The number of nitrogens with one attached hydrogen (secondary N) is 1. The maximum atomic E-state index is 12.0. The predicted octanol–water partition coefficient (Wildman–Crippen LogP) is 3.27. The van der Waals surface area contributed by atoms with Crippen molar-refractivity contribution >= 4 is 53.2 Å². The second-order valence-electron chi connectivity index (χ2n) is 3.45. The summed E-state index contributed by atoms with van der Waals surface area (Å²) in [6, 6.07) is -0.00206. The molecule has 1 heterocycles. The maximum absolute atomic E-state index is 12.0. The van der Waals surface area contributed by atoms with Crippen molar-refractivity contribution in [2.24, 2.45) is 0 Å². The zero-order valence-electron chi connectivity index (χ0n) is 8.11. The van der Waals surface area contributed by atoms with Crippen LogP contribution in [0, 0.1) is 0 Å². The summed E-state index contributed by atoms with van der Waals surface area (Å²) in [5.74, 6) is 0. The normalized spacial score (nSPS) is 17.1. The molecular formula is C9H9Br2NO2S2. The molecule has 1 aliphatic carbocycles. The lowest BCUT2D eigenvalue weighted by Gasteiger charge is -2.11. The Bertz CT molecular complexity index is 514. The van der Waals surface area contributed by atoms with E-state index in [2.05, 4.69) is 36.6 Å². The van der Waals surface area contributed by atoms with Crippen LogP contribution in [-0.2, 0) is 10.0 Å². The van der Waals surface area contributed by atoms with Crippen LogP contribution in [0.4, 0.5) is 0 Å². The Morgan fingerprint density at radius 1 is 1.31 bits per heavy atom. The van der Waals surface area contributed by atoms with Crippen LogP contribution in [-0.4, -0.2) is 14.5 Å². The molecule has 7 heteroatoms. The molecule has 0 unspecified atom stereocenters. The fourth-order valence-electron chi connectivity index (χ4n) is 1.47. The molecule has 0 amide bonds. The van der Waals surface area contributed by atoms with Crippen LogP contribution in [0.5, 0.6) is 0 Å². The molecule has 0 radical (unpaired) electrons. The number of hydrogen-bond donors (Lipinski definition) is 1. The number of rotatable bonds is 3.